The van der Waals surface area contributed by atoms with Gasteiger partial charge in [0.25, 0.3) is 5.91 Å². The number of carbonyl (C=O) groups excluding carboxylic acids is 1. The molecule has 0 radical (unpaired) electrons. The molecule has 0 saturated carbocycles. The van der Waals surface area contributed by atoms with E-state index in [-0.39, 0.29) is 5.91 Å². The van der Waals surface area contributed by atoms with Gasteiger partial charge in [0.1, 0.15) is 5.69 Å². The van der Waals surface area contributed by atoms with Crippen LogP contribution in [0.25, 0.3) is 10.9 Å². The van der Waals surface area contributed by atoms with Gasteiger partial charge in [-0.15, -0.1) is 0 Å². The number of fused-ring (bicyclic) bond motifs is 2. The van der Waals surface area contributed by atoms with Crippen molar-refractivity contribution in [3.63, 3.8) is 0 Å². The van der Waals surface area contributed by atoms with Crippen LogP contribution in [0.5, 0.6) is 0 Å². The van der Waals surface area contributed by atoms with Crippen LogP contribution in [0.4, 0.5) is 5.82 Å². The molecule has 1 amide bonds. The molecular formula is C27H34N4O2. The molecule has 1 fully saturated rings. The van der Waals surface area contributed by atoms with Crippen molar-refractivity contribution in [2.75, 3.05) is 38.3 Å². The number of benzene rings is 1. The summed E-state index contributed by atoms with van der Waals surface area (Å²) in [6.45, 7) is 9.10. The Morgan fingerprint density at radius 2 is 1.82 bits per heavy atom. The number of rotatable bonds is 5. The van der Waals surface area contributed by atoms with Crippen molar-refractivity contribution in [3.05, 3.63) is 58.4 Å². The molecule has 174 valence electrons. The Balaban J connectivity index is 1.64. The predicted octanol–water partition coefficient (Wildman–Crippen LogP) is 4.49. The van der Waals surface area contributed by atoms with Gasteiger partial charge in [0, 0.05) is 50.9 Å². The summed E-state index contributed by atoms with van der Waals surface area (Å²) in [5.74, 6) is 0.992. The average Bonchev–Trinajstić information content (AvgIpc) is 3.11. The molecule has 2 aromatic heterocycles. The van der Waals surface area contributed by atoms with Crippen LogP contribution >= 0.6 is 0 Å². The van der Waals surface area contributed by atoms with Gasteiger partial charge in [-0.25, -0.2) is 4.98 Å². The van der Waals surface area contributed by atoms with Crippen LogP contribution in [0, 0.1) is 13.8 Å². The van der Waals surface area contributed by atoms with E-state index in [0.717, 1.165) is 68.7 Å². The van der Waals surface area contributed by atoms with Crippen molar-refractivity contribution >= 4 is 22.6 Å². The molecule has 0 unspecified atom stereocenters. The highest BCUT2D eigenvalue weighted by Crippen LogP contribution is 2.35. The SMILES string of the molecule is COCCn1c(C)c(C)c2cc(C(=O)N3CCCCC3)nc(N3CCc4ccccc4C3)c21. The number of carbonyl (C=O) groups is 1. The molecule has 0 atom stereocenters. The van der Waals surface area contributed by atoms with Gasteiger partial charge < -0.3 is 19.1 Å². The summed E-state index contributed by atoms with van der Waals surface area (Å²) in [6.07, 6.45) is 4.35. The number of piperidine rings is 1. The van der Waals surface area contributed by atoms with Gasteiger partial charge in [-0.1, -0.05) is 24.3 Å². The number of aryl methyl sites for hydroxylation is 1. The second kappa shape index (κ2) is 9.18. The summed E-state index contributed by atoms with van der Waals surface area (Å²) < 4.78 is 7.74. The van der Waals surface area contributed by atoms with Gasteiger partial charge in [0.2, 0.25) is 0 Å². The molecule has 6 heteroatoms. The highest BCUT2D eigenvalue weighted by molar-refractivity contribution is 6.01. The molecule has 6 nitrogen and oxygen atoms in total. The van der Waals surface area contributed by atoms with Crippen LogP contribution in [0.15, 0.2) is 30.3 Å². The number of likely N-dealkylation sites (tertiary alicyclic amines) is 1. The molecular weight excluding hydrogens is 412 g/mol. The quantitative estimate of drug-likeness (QED) is 0.580. The van der Waals surface area contributed by atoms with E-state index in [1.54, 1.807) is 7.11 Å². The molecule has 2 aliphatic rings. The Kier molecular flexibility index (Phi) is 6.11. The Morgan fingerprint density at radius 1 is 1.06 bits per heavy atom. The van der Waals surface area contributed by atoms with Crippen molar-refractivity contribution in [1.82, 2.24) is 14.5 Å². The fourth-order valence-electron chi connectivity index (χ4n) is 5.37. The first-order valence-electron chi connectivity index (χ1n) is 12.2. The number of ether oxygens (including phenoxy) is 1. The fourth-order valence-corrected chi connectivity index (χ4v) is 5.37. The van der Waals surface area contributed by atoms with Gasteiger partial charge >= 0.3 is 0 Å². The Morgan fingerprint density at radius 3 is 2.58 bits per heavy atom. The molecule has 4 heterocycles. The molecule has 0 bridgehead atoms. The summed E-state index contributed by atoms with van der Waals surface area (Å²) in [5, 5.41) is 1.13. The highest BCUT2D eigenvalue weighted by atomic mass is 16.5. The monoisotopic (exact) mass is 446 g/mol. The lowest BCUT2D eigenvalue weighted by Crippen LogP contribution is -2.37. The van der Waals surface area contributed by atoms with Gasteiger partial charge in [-0.05, 0) is 62.3 Å². The van der Waals surface area contributed by atoms with Crippen LogP contribution in [0.3, 0.4) is 0 Å². The highest BCUT2D eigenvalue weighted by Gasteiger charge is 2.27. The fraction of sp³-hybridized carbons (Fsp3) is 0.481. The van der Waals surface area contributed by atoms with Crippen molar-refractivity contribution < 1.29 is 9.53 Å². The minimum Gasteiger partial charge on any atom is -0.383 e. The van der Waals surface area contributed by atoms with Gasteiger partial charge in [0.15, 0.2) is 5.82 Å². The van der Waals surface area contributed by atoms with E-state index in [1.807, 2.05) is 11.0 Å². The molecule has 0 aliphatic carbocycles. The van der Waals surface area contributed by atoms with Gasteiger partial charge in [0.05, 0.1) is 12.1 Å². The van der Waals surface area contributed by atoms with E-state index in [9.17, 15) is 4.79 Å². The zero-order chi connectivity index (χ0) is 22.9. The zero-order valence-corrected chi connectivity index (χ0v) is 20.1. The number of pyridine rings is 1. The second-order valence-electron chi connectivity index (χ2n) is 9.38. The molecule has 3 aromatic rings. The third-order valence-electron chi connectivity index (χ3n) is 7.41. The van der Waals surface area contributed by atoms with E-state index < -0.39 is 0 Å². The maximum absolute atomic E-state index is 13.5. The smallest absolute Gasteiger partial charge is 0.272 e. The summed E-state index contributed by atoms with van der Waals surface area (Å²) in [6, 6.07) is 10.7. The minimum atomic E-state index is 0.0666. The molecule has 0 spiro atoms. The number of hydrogen-bond donors (Lipinski definition) is 0. The van der Waals surface area contributed by atoms with E-state index in [0.29, 0.717) is 12.3 Å². The van der Waals surface area contributed by atoms with Crippen LogP contribution in [-0.2, 0) is 24.2 Å². The predicted molar refractivity (Wildman–Crippen MR) is 132 cm³/mol. The summed E-state index contributed by atoms with van der Waals surface area (Å²) in [5.41, 5.74) is 6.88. The summed E-state index contributed by atoms with van der Waals surface area (Å²) in [7, 11) is 1.74. The summed E-state index contributed by atoms with van der Waals surface area (Å²) in [4.78, 5) is 22.9. The minimum absolute atomic E-state index is 0.0666. The lowest BCUT2D eigenvalue weighted by Gasteiger charge is -2.31. The van der Waals surface area contributed by atoms with E-state index >= 15 is 0 Å². The number of nitrogens with zero attached hydrogens (tertiary/aromatic N) is 4. The maximum Gasteiger partial charge on any atom is 0.272 e. The third kappa shape index (κ3) is 4.01. The average molecular weight is 447 g/mol. The van der Waals surface area contributed by atoms with Crippen LogP contribution in [-0.4, -0.2) is 53.7 Å². The molecule has 1 saturated heterocycles. The summed E-state index contributed by atoms with van der Waals surface area (Å²) >= 11 is 0. The molecule has 33 heavy (non-hydrogen) atoms. The standard InChI is InChI=1S/C27H34N4O2/c1-19-20(2)31(15-16-33-3)25-23(19)17-24(27(32)29-12-7-4-8-13-29)28-26(25)30-14-11-21-9-5-6-10-22(21)18-30/h5-6,9-10,17H,4,7-8,11-16,18H2,1-3H3. The van der Waals surface area contributed by atoms with Crippen molar-refractivity contribution in [2.24, 2.45) is 0 Å². The largest absolute Gasteiger partial charge is 0.383 e. The van der Waals surface area contributed by atoms with Crippen LogP contribution in [0.1, 0.15) is 52.1 Å². The first kappa shape index (κ1) is 22.0. The van der Waals surface area contributed by atoms with E-state index in [4.69, 9.17) is 9.72 Å². The Hall–Kier alpha value is -2.86. The maximum atomic E-state index is 13.5. The lowest BCUT2D eigenvalue weighted by molar-refractivity contribution is 0.0718. The Labute approximate surface area is 196 Å². The number of methoxy groups -OCH3 is 1. The molecule has 2 aliphatic heterocycles. The number of amides is 1. The normalized spacial score (nSPS) is 16.3. The molecule has 1 aromatic carbocycles. The zero-order valence-electron chi connectivity index (χ0n) is 20.1. The topological polar surface area (TPSA) is 50.6 Å². The van der Waals surface area contributed by atoms with E-state index in [2.05, 4.69) is 47.6 Å². The first-order chi connectivity index (χ1) is 16.1. The first-order valence-corrected chi connectivity index (χ1v) is 12.2. The van der Waals surface area contributed by atoms with Crippen molar-refractivity contribution in [2.45, 2.75) is 52.6 Å². The molecule has 0 N–H and O–H groups in total. The van der Waals surface area contributed by atoms with Crippen molar-refractivity contribution in [1.29, 1.82) is 0 Å². The number of hydrogen-bond acceptors (Lipinski definition) is 4. The van der Waals surface area contributed by atoms with E-state index in [1.165, 1.54) is 28.8 Å². The van der Waals surface area contributed by atoms with Crippen LogP contribution in [0.2, 0.25) is 0 Å². The Bertz CT molecular complexity index is 1180. The van der Waals surface area contributed by atoms with Crippen LogP contribution < -0.4 is 4.90 Å². The second-order valence-corrected chi connectivity index (χ2v) is 9.38. The lowest BCUT2D eigenvalue weighted by atomic mass is 9.99. The van der Waals surface area contributed by atoms with Gasteiger partial charge in [-0.3, -0.25) is 4.79 Å². The van der Waals surface area contributed by atoms with Crippen molar-refractivity contribution in [3.8, 4) is 0 Å². The number of aromatic nitrogens is 2. The van der Waals surface area contributed by atoms with Gasteiger partial charge in [-0.2, -0.15) is 0 Å². The number of anilines is 1. The third-order valence-corrected chi connectivity index (χ3v) is 7.41. The molecule has 5 rings (SSSR count).